The van der Waals surface area contributed by atoms with Crippen LogP contribution in [-0.4, -0.2) is 36.4 Å². The van der Waals surface area contributed by atoms with Gasteiger partial charge in [-0.3, -0.25) is 19.7 Å². The van der Waals surface area contributed by atoms with Crippen molar-refractivity contribution in [3.8, 4) is 5.75 Å². The fourth-order valence-electron chi connectivity index (χ4n) is 2.59. The molecular formula is C20H21F3N4O5. The van der Waals surface area contributed by atoms with E-state index in [0.29, 0.717) is 30.2 Å². The van der Waals surface area contributed by atoms with Crippen LogP contribution in [0.4, 0.5) is 30.2 Å². The Morgan fingerprint density at radius 3 is 2.38 bits per heavy atom. The highest BCUT2D eigenvalue weighted by molar-refractivity contribution is 5.94. The third-order valence-electron chi connectivity index (χ3n) is 4.08. The van der Waals surface area contributed by atoms with Crippen LogP contribution in [0.3, 0.4) is 0 Å². The van der Waals surface area contributed by atoms with Crippen molar-refractivity contribution in [1.82, 2.24) is 5.32 Å². The molecule has 0 heterocycles. The van der Waals surface area contributed by atoms with Gasteiger partial charge in [0.25, 0.3) is 5.69 Å². The molecule has 2 rings (SSSR count). The van der Waals surface area contributed by atoms with Crippen molar-refractivity contribution >= 4 is 28.9 Å². The number of anilines is 2. The molecule has 2 aromatic carbocycles. The number of amides is 2. The Balaban J connectivity index is 1.79. The van der Waals surface area contributed by atoms with Gasteiger partial charge in [-0.1, -0.05) is 0 Å². The Morgan fingerprint density at radius 2 is 1.78 bits per heavy atom. The van der Waals surface area contributed by atoms with Crippen molar-refractivity contribution in [2.24, 2.45) is 0 Å². The molecule has 12 heteroatoms. The smallest absolute Gasteiger partial charge is 0.416 e. The van der Waals surface area contributed by atoms with Crippen molar-refractivity contribution in [1.29, 1.82) is 0 Å². The third-order valence-corrected chi connectivity index (χ3v) is 4.08. The molecule has 0 aromatic heterocycles. The van der Waals surface area contributed by atoms with Gasteiger partial charge in [-0.15, -0.1) is 0 Å². The normalized spacial score (nSPS) is 10.9. The zero-order valence-electron chi connectivity index (χ0n) is 17.0. The van der Waals surface area contributed by atoms with Gasteiger partial charge in [0, 0.05) is 24.7 Å². The number of carbonyl (C=O) groups is 2. The van der Waals surface area contributed by atoms with E-state index in [4.69, 9.17) is 4.74 Å². The molecule has 3 N–H and O–H groups in total. The zero-order chi connectivity index (χ0) is 23.7. The van der Waals surface area contributed by atoms with Crippen LogP contribution in [0.15, 0.2) is 42.5 Å². The highest BCUT2D eigenvalue weighted by atomic mass is 19.4. The van der Waals surface area contributed by atoms with E-state index in [1.165, 1.54) is 0 Å². The predicted octanol–water partition coefficient (Wildman–Crippen LogP) is 3.57. The number of hydrogen-bond acceptors (Lipinski definition) is 6. The summed E-state index contributed by atoms with van der Waals surface area (Å²) in [5.74, 6) is -0.331. The molecule has 0 unspecified atom stereocenters. The van der Waals surface area contributed by atoms with Gasteiger partial charge in [0.05, 0.1) is 23.6 Å². The molecule has 0 radical (unpaired) electrons. The number of nitrogens with zero attached hydrogens (tertiary/aromatic N) is 1. The van der Waals surface area contributed by atoms with Gasteiger partial charge >= 0.3 is 6.18 Å². The van der Waals surface area contributed by atoms with E-state index < -0.39 is 34.2 Å². The van der Waals surface area contributed by atoms with Gasteiger partial charge in [-0.2, -0.15) is 13.2 Å². The summed E-state index contributed by atoms with van der Waals surface area (Å²) < 4.78 is 43.5. The Labute approximate surface area is 181 Å². The number of alkyl halides is 3. The van der Waals surface area contributed by atoms with Gasteiger partial charge in [0.15, 0.2) is 0 Å². The lowest BCUT2D eigenvalue weighted by Crippen LogP contribution is -2.33. The molecule has 0 atom stereocenters. The summed E-state index contributed by atoms with van der Waals surface area (Å²) in [6.45, 7) is 1.97. The Kier molecular flexibility index (Phi) is 8.38. The molecule has 0 spiro atoms. The van der Waals surface area contributed by atoms with E-state index in [-0.39, 0.29) is 25.2 Å². The largest absolute Gasteiger partial charge is 0.494 e. The number of halogens is 3. The second-order valence-electron chi connectivity index (χ2n) is 6.45. The van der Waals surface area contributed by atoms with Crippen molar-refractivity contribution in [3.63, 3.8) is 0 Å². The molecule has 0 saturated heterocycles. The number of hydrogen-bond donors (Lipinski definition) is 3. The summed E-state index contributed by atoms with van der Waals surface area (Å²) in [5.41, 5.74) is -1.53. The molecule has 0 aliphatic rings. The quantitative estimate of drug-likeness (QED) is 0.373. The summed E-state index contributed by atoms with van der Waals surface area (Å²) in [5, 5.41) is 18.6. The highest BCUT2D eigenvalue weighted by Crippen LogP contribution is 2.34. The maximum absolute atomic E-state index is 12.7. The average molecular weight is 454 g/mol. The first-order chi connectivity index (χ1) is 15.1. The van der Waals surface area contributed by atoms with E-state index in [2.05, 4.69) is 16.0 Å². The van der Waals surface area contributed by atoms with Gasteiger partial charge in [-0.05, 0) is 43.3 Å². The van der Waals surface area contributed by atoms with Gasteiger partial charge < -0.3 is 20.7 Å². The minimum atomic E-state index is -4.71. The molecule has 2 amide bonds. The number of benzene rings is 2. The minimum absolute atomic E-state index is 0.0848. The lowest BCUT2D eigenvalue weighted by Gasteiger charge is -2.11. The molecule has 0 fully saturated rings. The van der Waals surface area contributed by atoms with Gasteiger partial charge in [-0.25, -0.2) is 0 Å². The summed E-state index contributed by atoms with van der Waals surface area (Å²) in [4.78, 5) is 33.9. The van der Waals surface area contributed by atoms with Crippen molar-refractivity contribution < 1.29 is 32.4 Å². The number of nitro groups is 1. The molecule has 172 valence electrons. The first-order valence-corrected chi connectivity index (χ1v) is 9.49. The number of ether oxygens (including phenoxy) is 1. The Hall–Kier alpha value is -3.83. The molecule has 0 aliphatic carbocycles. The van der Waals surface area contributed by atoms with E-state index in [0.717, 1.165) is 6.07 Å². The van der Waals surface area contributed by atoms with Crippen molar-refractivity contribution in [3.05, 3.63) is 58.1 Å². The molecule has 32 heavy (non-hydrogen) atoms. The maximum Gasteiger partial charge on any atom is 0.416 e. The molecule has 2 aromatic rings. The van der Waals surface area contributed by atoms with Crippen LogP contribution in [0.1, 0.15) is 18.9 Å². The summed E-state index contributed by atoms with van der Waals surface area (Å²) in [6, 6.07) is 8.72. The topological polar surface area (TPSA) is 123 Å². The fraction of sp³-hybridized carbons (Fsp3) is 0.300. The van der Waals surface area contributed by atoms with Crippen LogP contribution in [-0.2, 0) is 15.8 Å². The van der Waals surface area contributed by atoms with Crippen LogP contribution >= 0.6 is 0 Å². The van der Waals surface area contributed by atoms with Crippen LogP contribution in [0, 0.1) is 10.1 Å². The first kappa shape index (κ1) is 24.4. The maximum atomic E-state index is 12.7. The number of nitro benzene ring substituents is 1. The standard InChI is InChI=1S/C20H21F3N4O5/c1-2-32-15-6-4-14(5-7-15)26-19(29)12-25-18(28)9-10-24-16-8-3-13(20(21,22)23)11-17(16)27(30)31/h3-8,11,24H,2,9-10,12H2,1H3,(H,25,28)(H,26,29). The molecular weight excluding hydrogens is 433 g/mol. The third kappa shape index (κ3) is 7.45. The van der Waals surface area contributed by atoms with Crippen molar-refractivity contribution in [2.45, 2.75) is 19.5 Å². The second-order valence-corrected chi connectivity index (χ2v) is 6.45. The average Bonchev–Trinajstić information content (AvgIpc) is 2.73. The van der Waals surface area contributed by atoms with E-state index in [9.17, 15) is 32.9 Å². The number of carbonyl (C=O) groups excluding carboxylic acids is 2. The summed E-state index contributed by atoms with van der Waals surface area (Å²) >= 11 is 0. The number of nitrogens with one attached hydrogen (secondary N) is 3. The summed E-state index contributed by atoms with van der Waals surface area (Å²) in [7, 11) is 0. The SMILES string of the molecule is CCOc1ccc(NC(=O)CNC(=O)CCNc2ccc(C(F)(F)F)cc2[N+](=O)[O-])cc1. The molecule has 0 bridgehead atoms. The van der Waals surface area contributed by atoms with Crippen LogP contribution in [0.25, 0.3) is 0 Å². The minimum Gasteiger partial charge on any atom is -0.494 e. The zero-order valence-corrected chi connectivity index (χ0v) is 17.0. The lowest BCUT2D eigenvalue weighted by molar-refractivity contribution is -0.384. The van der Waals surface area contributed by atoms with Gasteiger partial charge in [0.2, 0.25) is 11.8 Å². The number of rotatable bonds is 10. The second kappa shape index (κ2) is 11.0. The predicted molar refractivity (Wildman–Crippen MR) is 110 cm³/mol. The molecule has 0 aliphatic heterocycles. The fourth-order valence-corrected chi connectivity index (χ4v) is 2.59. The monoisotopic (exact) mass is 454 g/mol. The molecule has 9 nitrogen and oxygen atoms in total. The van der Waals surface area contributed by atoms with E-state index >= 15 is 0 Å². The van der Waals surface area contributed by atoms with Crippen molar-refractivity contribution in [2.75, 3.05) is 30.3 Å². The Bertz CT molecular complexity index is 965. The van der Waals surface area contributed by atoms with E-state index in [1.54, 1.807) is 24.3 Å². The van der Waals surface area contributed by atoms with Crippen LogP contribution < -0.4 is 20.7 Å². The lowest BCUT2D eigenvalue weighted by atomic mass is 10.1. The van der Waals surface area contributed by atoms with Crippen LogP contribution in [0.2, 0.25) is 0 Å². The Morgan fingerprint density at radius 1 is 1.09 bits per heavy atom. The highest BCUT2D eigenvalue weighted by Gasteiger charge is 2.33. The first-order valence-electron chi connectivity index (χ1n) is 9.49. The molecule has 0 saturated carbocycles. The summed E-state index contributed by atoms with van der Waals surface area (Å²) in [6.07, 6.45) is -4.87. The van der Waals surface area contributed by atoms with Crippen LogP contribution in [0.5, 0.6) is 5.75 Å². The van der Waals surface area contributed by atoms with E-state index in [1.807, 2.05) is 6.92 Å². The van der Waals surface area contributed by atoms with Gasteiger partial charge in [0.1, 0.15) is 11.4 Å².